The molecule has 0 fully saturated rings. The molecule has 1 aromatic carbocycles. The molecule has 8 heteroatoms. The molecule has 3 rings (SSSR count). The van der Waals surface area contributed by atoms with E-state index in [1.165, 1.54) is 10.8 Å². The number of nitrogens with zero attached hydrogens (tertiary/aromatic N) is 4. The van der Waals surface area contributed by atoms with Gasteiger partial charge in [-0.05, 0) is 23.4 Å². The number of anilines is 1. The summed E-state index contributed by atoms with van der Waals surface area (Å²) in [5.74, 6) is 0.619. The third kappa shape index (κ3) is 2.62. The van der Waals surface area contributed by atoms with Crippen LogP contribution >= 0.6 is 0 Å². The number of ether oxygens (including phenoxy) is 2. The van der Waals surface area contributed by atoms with Crippen LogP contribution in [0.1, 0.15) is 18.5 Å². The van der Waals surface area contributed by atoms with Crippen molar-refractivity contribution in [2.75, 3.05) is 19.0 Å². The zero-order valence-corrected chi connectivity index (χ0v) is 13.4. The van der Waals surface area contributed by atoms with Gasteiger partial charge in [-0.3, -0.25) is 0 Å². The predicted molar refractivity (Wildman–Crippen MR) is 86.4 cm³/mol. The number of hydrogen-bond donors (Lipinski definition) is 1. The number of carbonyl (C=O) groups excluding carboxylic acids is 1. The maximum atomic E-state index is 12.6. The summed E-state index contributed by atoms with van der Waals surface area (Å²) in [5, 5.41) is 14.7. The Morgan fingerprint density at radius 2 is 2.25 bits per heavy atom. The van der Waals surface area contributed by atoms with E-state index in [1.807, 2.05) is 24.3 Å². The third-order valence-corrected chi connectivity index (χ3v) is 3.70. The van der Waals surface area contributed by atoms with Crippen LogP contribution in [-0.4, -0.2) is 39.9 Å². The third-order valence-electron chi connectivity index (χ3n) is 3.70. The first kappa shape index (κ1) is 15.7. The molecule has 2 heterocycles. The number of benzene rings is 1. The van der Waals surface area contributed by atoms with Crippen molar-refractivity contribution >= 4 is 11.9 Å². The van der Waals surface area contributed by atoms with Crippen LogP contribution in [-0.2, 0) is 9.53 Å². The Kier molecular flexibility index (Phi) is 4.28. The van der Waals surface area contributed by atoms with Gasteiger partial charge in [0.05, 0.1) is 12.7 Å². The van der Waals surface area contributed by atoms with Crippen molar-refractivity contribution in [1.82, 2.24) is 20.2 Å². The Morgan fingerprint density at radius 1 is 1.46 bits per heavy atom. The molecule has 24 heavy (non-hydrogen) atoms. The second-order valence-electron chi connectivity index (χ2n) is 5.14. The average molecular weight is 327 g/mol. The van der Waals surface area contributed by atoms with E-state index in [9.17, 15) is 4.79 Å². The number of hydrogen-bond acceptors (Lipinski definition) is 7. The van der Waals surface area contributed by atoms with Gasteiger partial charge in [0.2, 0.25) is 5.95 Å². The van der Waals surface area contributed by atoms with Crippen molar-refractivity contribution in [2.24, 2.45) is 0 Å². The smallest absolute Gasteiger partial charge is 0.338 e. The van der Waals surface area contributed by atoms with E-state index in [4.69, 9.17) is 9.47 Å². The minimum atomic E-state index is -0.551. The maximum Gasteiger partial charge on any atom is 0.338 e. The molecule has 0 spiro atoms. The van der Waals surface area contributed by atoms with Gasteiger partial charge in [0.25, 0.3) is 0 Å². The SMILES string of the molecule is C=CCOC(=O)C1=C(C)Nc2nnnn2C1c1ccccc1OC. The molecule has 0 radical (unpaired) electrons. The molecule has 0 aliphatic carbocycles. The number of tetrazole rings is 1. The Morgan fingerprint density at radius 3 is 3.00 bits per heavy atom. The molecule has 1 aliphatic heterocycles. The maximum absolute atomic E-state index is 12.6. The molecule has 1 aromatic heterocycles. The number of carbonyl (C=O) groups is 1. The molecule has 1 unspecified atom stereocenters. The molecule has 0 saturated heterocycles. The van der Waals surface area contributed by atoms with Crippen LogP contribution in [0.3, 0.4) is 0 Å². The van der Waals surface area contributed by atoms with Gasteiger partial charge in [0.15, 0.2) is 0 Å². The van der Waals surface area contributed by atoms with Gasteiger partial charge in [0, 0.05) is 11.3 Å². The number of fused-ring (bicyclic) bond motifs is 1. The van der Waals surface area contributed by atoms with Crippen molar-refractivity contribution in [2.45, 2.75) is 13.0 Å². The molecule has 1 N–H and O–H groups in total. The monoisotopic (exact) mass is 327 g/mol. The Balaban J connectivity index is 2.14. The molecular formula is C16H17N5O3. The van der Waals surface area contributed by atoms with E-state index in [0.29, 0.717) is 23.0 Å². The molecule has 1 aliphatic rings. The van der Waals surface area contributed by atoms with Crippen molar-refractivity contribution in [1.29, 1.82) is 0 Å². The van der Waals surface area contributed by atoms with E-state index >= 15 is 0 Å². The lowest BCUT2D eigenvalue weighted by Gasteiger charge is -2.28. The summed E-state index contributed by atoms with van der Waals surface area (Å²) in [6, 6.07) is 6.87. The normalized spacial score (nSPS) is 16.2. The fraction of sp³-hybridized carbons (Fsp3) is 0.250. The molecule has 8 nitrogen and oxygen atoms in total. The largest absolute Gasteiger partial charge is 0.496 e. The number of para-hydroxylation sites is 1. The first-order valence-electron chi connectivity index (χ1n) is 7.34. The number of rotatable bonds is 5. The topological polar surface area (TPSA) is 91.2 Å². The predicted octanol–water partition coefficient (Wildman–Crippen LogP) is 1.70. The molecule has 0 amide bonds. The van der Waals surface area contributed by atoms with E-state index < -0.39 is 12.0 Å². The van der Waals surface area contributed by atoms with Gasteiger partial charge < -0.3 is 14.8 Å². The summed E-state index contributed by atoms with van der Waals surface area (Å²) in [5.41, 5.74) is 1.81. The average Bonchev–Trinajstić information content (AvgIpc) is 3.06. The van der Waals surface area contributed by atoms with Crippen LogP contribution in [0.15, 0.2) is 48.2 Å². The summed E-state index contributed by atoms with van der Waals surface area (Å²) < 4.78 is 12.2. The highest BCUT2D eigenvalue weighted by molar-refractivity contribution is 5.92. The van der Waals surface area contributed by atoms with E-state index in [2.05, 4.69) is 27.4 Å². The van der Waals surface area contributed by atoms with Crippen LogP contribution < -0.4 is 10.1 Å². The van der Waals surface area contributed by atoms with Crippen LogP contribution in [0.25, 0.3) is 0 Å². The zero-order valence-electron chi connectivity index (χ0n) is 13.4. The number of esters is 1. The number of allylic oxidation sites excluding steroid dienone is 1. The van der Waals surface area contributed by atoms with Gasteiger partial charge in [-0.25, -0.2) is 4.79 Å². The molecule has 2 aromatic rings. The second-order valence-corrected chi connectivity index (χ2v) is 5.14. The minimum Gasteiger partial charge on any atom is -0.496 e. The number of aromatic nitrogens is 4. The first-order chi connectivity index (χ1) is 11.7. The number of methoxy groups -OCH3 is 1. The van der Waals surface area contributed by atoms with Crippen molar-refractivity contribution in [3.63, 3.8) is 0 Å². The highest BCUT2D eigenvalue weighted by atomic mass is 16.5. The minimum absolute atomic E-state index is 0.122. The first-order valence-corrected chi connectivity index (χ1v) is 7.34. The van der Waals surface area contributed by atoms with Gasteiger partial charge in [-0.1, -0.05) is 36.0 Å². The summed E-state index contributed by atoms with van der Waals surface area (Å²) in [7, 11) is 1.58. The lowest BCUT2D eigenvalue weighted by atomic mass is 9.95. The molecule has 124 valence electrons. The second kappa shape index (κ2) is 6.53. The fourth-order valence-electron chi connectivity index (χ4n) is 2.67. The number of nitrogens with one attached hydrogen (secondary N) is 1. The highest BCUT2D eigenvalue weighted by Gasteiger charge is 2.36. The van der Waals surface area contributed by atoms with Gasteiger partial charge in [0.1, 0.15) is 18.4 Å². The van der Waals surface area contributed by atoms with Gasteiger partial charge in [-0.15, -0.1) is 0 Å². The summed E-state index contributed by atoms with van der Waals surface area (Å²) >= 11 is 0. The molecule has 1 atom stereocenters. The summed E-state index contributed by atoms with van der Waals surface area (Å²) in [4.78, 5) is 12.6. The van der Waals surface area contributed by atoms with Gasteiger partial charge >= 0.3 is 5.97 Å². The lowest BCUT2D eigenvalue weighted by molar-refractivity contribution is -0.138. The standard InChI is InChI=1S/C16H17N5O3/c1-4-9-24-15(22)13-10(2)17-16-18-19-20-21(16)14(13)11-7-5-6-8-12(11)23-3/h4-8,14H,1,9H2,2-3H3,(H,17,18,20). The molecule has 0 bridgehead atoms. The zero-order chi connectivity index (χ0) is 17.1. The molecular weight excluding hydrogens is 310 g/mol. The van der Waals surface area contributed by atoms with E-state index in [-0.39, 0.29) is 6.61 Å². The Labute approximate surface area is 138 Å². The summed E-state index contributed by atoms with van der Waals surface area (Å²) in [6.45, 7) is 5.47. The lowest BCUT2D eigenvalue weighted by Crippen LogP contribution is -2.30. The van der Waals surface area contributed by atoms with Crippen LogP contribution in [0.4, 0.5) is 5.95 Å². The van der Waals surface area contributed by atoms with Crippen LogP contribution in [0, 0.1) is 0 Å². The van der Waals surface area contributed by atoms with Crippen molar-refractivity contribution in [3.8, 4) is 5.75 Å². The quantitative estimate of drug-likeness (QED) is 0.660. The van der Waals surface area contributed by atoms with Gasteiger partial charge in [-0.2, -0.15) is 4.68 Å². The molecule has 0 saturated carbocycles. The van der Waals surface area contributed by atoms with Crippen LogP contribution in [0.2, 0.25) is 0 Å². The van der Waals surface area contributed by atoms with Crippen molar-refractivity contribution < 1.29 is 14.3 Å². The van der Waals surface area contributed by atoms with E-state index in [0.717, 1.165) is 5.56 Å². The van der Waals surface area contributed by atoms with Crippen LogP contribution in [0.5, 0.6) is 5.75 Å². The Bertz CT molecular complexity index is 812. The Hall–Kier alpha value is -3.16. The van der Waals surface area contributed by atoms with E-state index in [1.54, 1.807) is 14.0 Å². The van der Waals surface area contributed by atoms with Crippen molar-refractivity contribution in [3.05, 3.63) is 53.8 Å². The summed E-state index contributed by atoms with van der Waals surface area (Å²) in [6.07, 6.45) is 1.52. The highest BCUT2D eigenvalue weighted by Crippen LogP contribution is 2.38. The fourth-order valence-corrected chi connectivity index (χ4v) is 2.67.